The number of nitrogens with one attached hydrogen (secondary N) is 2. The monoisotopic (exact) mass is 405 g/mol. The van der Waals surface area contributed by atoms with E-state index in [4.69, 9.17) is 34.8 Å². The van der Waals surface area contributed by atoms with Crippen molar-refractivity contribution in [3.8, 4) is 11.3 Å². The molecule has 0 spiro atoms. The molecule has 3 nitrogen and oxygen atoms in total. The number of halogens is 4. The number of aromatic nitrogens is 1. The molecule has 23 heavy (non-hydrogen) atoms. The molecule has 8 heteroatoms. The van der Waals surface area contributed by atoms with Gasteiger partial charge in [0.1, 0.15) is 10.2 Å². The first-order valence-corrected chi connectivity index (χ1v) is 8.63. The van der Waals surface area contributed by atoms with Crippen LogP contribution in [0.15, 0.2) is 29.3 Å². The highest BCUT2D eigenvalue weighted by molar-refractivity contribution is 7.20. The van der Waals surface area contributed by atoms with Gasteiger partial charge >= 0.3 is 0 Å². The van der Waals surface area contributed by atoms with Crippen LogP contribution in [0.1, 0.15) is 5.56 Å². The van der Waals surface area contributed by atoms with Crippen LogP contribution in [0.4, 0.5) is 0 Å². The summed E-state index contributed by atoms with van der Waals surface area (Å²) in [5, 5.41) is 5.03. The molecular weight excluding hydrogens is 396 g/mol. The quantitative estimate of drug-likeness (QED) is 0.568. The summed E-state index contributed by atoms with van der Waals surface area (Å²) in [6, 6.07) is 7.64. The average Bonchev–Trinajstić information content (AvgIpc) is 3.16. The molecule has 2 N–H and O–H groups in total. The predicted octanol–water partition coefficient (Wildman–Crippen LogP) is 5.63. The number of aliphatic imine (C=N–C) groups is 1. The van der Waals surface area contributed by atoms with Gasteiger partial charge in [-0.2, -0.15) is 0 Å². The number of fused-ring (bicyclic) bond motifs is 1. The normalized spacial score (nSPS) is 13.8. The van der Waals surface area contributed by atoms with E-state index in [9.17, 15) is 0 Å². The number of rotatable bonds is 2. The van der Waals surface area contributed by atoms with Crippen LogP contribution in [0, 0.1) is 0 Å². The molecule has 0 radical (unpaired) electrons. The molecule has 0 bridgehead atoms. The SMILES string of the molecule is Cl.Clc1ccc2[nH]c(-c3cc(Cl)sc3Cl)c(C3=NCCN3)c2c1. The maximum Gasteiger partial charge on any atom is 0.131 e. The minimum Gasteiger partial charge on any atom is -0.368 e. The van der Waals surface area contributed by atoms with Crippen molar-refractivity contribution in [2.24, 2.45) is 4.99 Å². The zero-order valence-electron chi connectivity index (χ0n) is 11.6. The van der Waals surface area contributed by atoms with Gasteiger partial charge in [-0.3, -0.25) is 4.99 Å². The second kappa shape index (κ2) is 6.54. The van der Waals surface area contributed by atoms with Crippen molar-refractivity contribution < 1.29 is 0 Å². The molecule has 0 aliphatic carbocycles. The second-order valence-corrected chi connectivity index (χ2v) is 7.68. The Morgan fingerprint density at radius 2 is 1.96 bits per heavy atom. The van der Waals surface area contributed by atoms with Crippen molar-refractivity contribution >= 4 is 75.3 Å². The summed E-state index contributed by atoms with van der Waals surface area (Å²) in [5.74, 6) is 0.863. The smallest absolute Gasteiger partial charge is 0.131 e. The number of hydrogen-bond acceptors (Lipinski definition) is 3. The summed E-state index contributed by atoms with van der Waals surface area (Å²) in [6.07, 6.45) is 0. The number of thiophene rings is 1. The van der Waals surface area contributed by atoms with Crippen LogP contribution in [-0.4, -0.2) is 23.9 Å². The van der Waals surface area contributed by atoms with E-state index in [1.807, 2.05) is 24.3 Å². The fourth-order valence-corrected chi connectivity index (χ4v) is 4.34. The van der Waals surface area contributed by atoms with Gasteiger partial charge in [0.15, 0.2) is 0 Å². The lowest BCUT2D eigenvalue weighted by Crippen LogP contribution is -2.19. The fourth-order valence-electron chi connectivity index (χ4n) is 2.69. The van der Waals surface area contributed by atoms with Crippen molar-refractivity contribution in [1.29, 1.82) is 0 Å². The maximum atomic E-state index is 6.34. The molecule has 3 heterocycles. The van der Waals surface area contributed by atoms with Crippen LogP contribution >= 0.6 is 58.5 Å². The highest BCUT2D eigenvalue weighted by atomic mass is 35.5. The number of nitrogens with zero attached hydrogens (tertiary/aromatic N) is 1. The van der Waals surface area contributed by atoms with Crippen LogP contribution in [0.5, 0.6) is 0 Å². The van der Waals surface area contributed by atoms with Gasteiger partial charge in [0.05, 0.1) is 22.1 Å². The van der Waals surface area contributed by atoms with Crippen molar-refractivity contribution in [2.45, 2.75) is 0 Å². The highest BCUT2D eigenvalue weighted by Gasteiger charge is 2.22. The average molecular weight is 407 g/mol. The van der Waals surface area contributed by atoms with E-state index < -0.39 is 0 Å². The Labute approximate surface area is 158 Å². The van der Waals surface area contributed by atoms with Gasteiger partial charge in [0.2, 0.25) is 0 Å². The number of H-pyrrole nitrogens is 1. The van der Waals surface area contributed by atoms with E-state index >= 15 is 0 Å². The summed E-state index contributed by atoms with van der Waals surface area (Å²) >= 11 is 20.0. The van der Waals surface area contributed by atoms with Gasteiger partial charge in [-0.25, -0.2) is 0 Å². The minimum absolute atomic E-state index is 0. The zero-order valence-corrected chi connectivity index (χ0v) is 15.5. The molecule has 120 valence electrons. The summed E-state index contributed by atoms with van der Waals surface area (Å²) in [5.41, 5.74) is 3.78. The standard InChI is InChI=1S/C15H10Cl3N3S.ClH/c16-7-1-2-10-8(5-7)12(15-19-3-4-20-15)13(21-10)9-6-11(17)22-14(9)18;/h1-2,5-6,21H,3-4H2,(H,19,20);1H. The Hall–Kier alpha value is -0.910. The Morgan fingerprint density at radius 1 is 1.13 bits per heavy atom. The topological polar surface area (TPSA) is 40.2 Å². The second-order valence-electron chi connectivity index (χ2n) is 4.96. The van der Waals surface area contributed by atoms with Gasteiger partial charge in [-0.15, -0.1) is 23.7 Å². The molecule has 3 aromatic rings. The van der Waals surface area contributed by atoms with Crippen LogP contribution < -0.4 is 5.32 Å². The molecule has 1 aromatic carbocycles. The molecule has 1 aliphatic rings. The Morgan fingerprint density at radius 3 is 2.61 bits per heavy atom. The summed E-state index contributed by atoms with van der Waals surface area (Å²) in [6.45, 7) is 1.60. The van der Waals surface area contributed by atoms with E-state index in [-0.39, 0.29) is 12.4 Å². The third-order valence-electron chi connectivity index (χ3n) is 3.60. The molecular formula is C15H11Cl4N3S. The van der Waals surface area contributed by atoms with E-state index in [0.29, 0.717) is 13.7 Å². The van der Waals surface area contributed by atoms with E-state index in [1.54, 1.807) is 0 Å². The lowest BCUT2D eigenvalue weighted by molar-refractivity contribution is 0.960. The van der Waals surface area contributed by atoms with E-state index in [2.05, 4.69) is 15.3 Å². The summed E-state index contributed by atoms with van der Waals surface area (Å²) in [4.78, 5) is 7.97. The van der Waals surface area contributed by atoms with E-state index in [0.717, 1.165) is 46.6 Å². The van der Waals surface area contributed by atoms with Crippen molar-refractivity contribution in [3.05, 3.63) is 43.5 Å². The third kappa shape index (κ3) is 2.94. The van der Waals surface area contributed by atoms with Gasteiger partial charge in [0, 0.05) is 28.0 Å². The highest BCUT2D eigenvalue weighted by Crippen LogP contribution is 2.41. The van der Waals surface area contributed by atoms with Crippen molar-refractivity contribution in [3.63, 3.8) is 0 Å². The fraction of sp³-hybridized carbons (Fsp3) is 0.133. The molecule has 0 saturated carbocycles. The van der Waals surface area contributed by atoms with Gasteiger partial charge in [-0.1, -0.05) is 34.8 Å². The summed E-state index contributed by atoms with van der Waals surface area (Å²) < 4.78 is 1.31. The van der Waals surface area contributed by atoms with Gasteiger partial charge < -0.3 is 10.3 Å². The molecule has 0 fully saturated rings. The molecule has 0 amide bonds. The number of hydrogen-bond donors (Lipinski definition) is 2. The zero-order chi connectivity index (χ0) is 15.3. The molecule has 1 aliphatic heterocycles. The Balaban J connectivity index is 0.00000156. The number of benzene rings is 1. The molecule has 2 aromatic heterocycles. The number of amidine groups is 1. The van der Waals surface area contributed by atoms with Crippen LogP contribution in [0.3, 0.4) is 0 Å². The molecule has 4 rings (SSSR count). The van der Waals surface area contributed by atoms with Crippen LogP contribution in [0.2, 0.25) is 13.7 Å². The lowest BCUT2D eigenvalue weighted by Gasteiger charge is -2.05. The van der Waals surface area contributed by atoms with E-state index in [1.165, 1.54) is 11.3 Å². The lowest BCUT2D eigenvalue weighted by atomic mass is 10.1. The van der Waals surface area contributed by atoms with Crippen molar-refractivity contribution in [2.75, 3.05) is 13.1 Å². The maximum absolute atomic E-state index is 6.34. The molecule has 0 unspecified atom stereocenters. The first-order chi connectivity index (χ1) is 10.6. The largest absolute Gasteiger partial charge is 0.368 e. The van der Waals surface area contributed by atoms with Gasteiger partial charge in [-0.05, 0) is 24.3 Å². The molecule has 0 saturated heterocycles. The van der Waals surface area contributed by atoms with Crippen LogP contribution in [-0.2, 0) is 0 Å². The Bertz CT molecular complexity index is 913. The third-order valence-corrected chi connectivity index (χ3v) is 5.32. The van der Waals surface area contributed by atoms with Gasteiger partial charge in [0.25, 0.3) is 0 Å². The predicted molar refractivity (Wildman–Crippen MR) is 103 cm³/mol. The molecule has 0 atom stereocenters. The minimum atomic E-state index is 0. The first-order valence-electron chi connectivity index (χ1n) is 6.68. The number of aromatic amines is 1. The first kappa shape index (κ1) is 16.9. The van der Waals surface area contributed by atoms with Crippen molar-refractivity contribution in [1.82, 2.24) is 10.3 Å². The van der Waals surface area contributed by atoms with Crippen LogP contribution in [0.25, 0.3) is 22.2 Å². The Kier molecular flexibility index (Phi) is 4.81. The summed E-state index contributed by atoms with van der Waals surface area (Å²) in [7, 11) is 0.